The molecule has 8 heteroatoms. The van der Waals surface area contributed by atoms with E-state index in [0.717, 1.165) is 0 Å². The molecule has 0 aromatic carbocycles. The zero-order valence-electron chi connectivity index (χ0n) is 12.1. The lowest BCUT2D eigenvalue weighted by molar-refractivity contribution is -0.143. The van der Waals surface area contributed by atoms with Crippen molar-refractivity contribution in [1.29, 1.82) is 0 Å². The lowest BCUT2D eigenvalue weighted by Gasteiger charge is -2.30. The molecular weight excluding hydrogens is 290 g/mol. The summed E-state index contributed by atoms with van der Waals surface area (Å²) < 4.78 is 4.94. The molecule has 0 saturated carbocycles. The van der Waals surface area contributed by atoms with E-state index in [1.807, 2.05) is 0 Å². The van der Waals surface area contributed by atoms with Crippen LogP contribution in [-0.2, 0) is 4.79 Å². The van der Waals surface area contributed by atoms with E-state index in [4.69, 9.17) is 9.52 Å². The van der Waals surface area contributed by atoms with Crippen molar-refractivity contribution >= 4 is 17.9 Å². The van der Waals surface area contributed by atoms with Crippen LogP contribution in [0.15, 0.2) is 22.8 Å². The number of carbonyl (C=O) groups excluding carboxylic acids is 2. The fourth-order valence-electron chi connectivity index (χ4n) is 2.32. The number of likely N-dealkylation sites (tertiary alicyclic amines) is 1. The number of rotatable bonds is 5. The molecule has 1 aromatic rings. The molecule has 22 heavy (non-hydrogen) atoms. The minimum Gasteiger partial charge on any atom is -0.481 e. The number of piperidine rings is 1. The fraction of sp³-hybridized carbons (Fsp3) is 0.500. The number of carboxylic acid groups (broad SMARTS) is 1. The maximum absolute atomic E-state index is 11.9. The van der Waals surface area contributed by atoms with Gasteiger partial charge in [0.2, 0.25) is 0 Å². The number of carbonyl (C=O) groups is 3. The highest BCUT2D eigenvalue weighted by Gasteiger charge is 2.27. The van der Waals surface area contributed by atoms with Crippen molar-refractivity contribution < 1.29 is 23.9 Å². The zero-order valence-corrected chi connectivity index (χ0v) is 12.1. The van der Waals surface area contributed by atoms with Crippen LogP contribution in [0.2, 0.25) is 0 Å². The molecule has 1 aromatic heterocycles. The molecule has 3 N–H and O–H groups in total. The largest absolute Gasteiger partial charge is 0.481 e. The van der Waals surface area contributed by atoms with Gasteiger partial charge in [-0.25, -0.2) is 4.79 Å². The van der Waals surface area contributed by atoms with Gasteiger partial charge in [0.15, 0.2) is 5.76 Å². The molecule has 0 bridgehead atoms. The molecule has 1 unspecified atom stereocenters. The highest BCUT2D eigenvalue weighted by Crippen LogP contribution is 2.16. The van der Waals surface area contributed by atoms with Crippen LogP contribution in [0, 0.1) is 5.92 Å². The summed E-state index contributed by atoms with van der Waals surface area (Å²) in [6.07, 6.45) is 2.68. The Hall–Kier alpha value is -2.51. The first-order chi connectivity index (χ1) is 10.6. The van der Waals surface area contributed by atoms with E-state index in [0.29, 0.717) is 19.4 Å². The van der Waals surface area contributed by atoms with Crippen molar-refractivity contribution in [3.05, 3.63) is 24.2 Å². The van der Waals surface area contributed by atoms with Gasteiger partial charge in [-0.3, -0.25) is 9.59 Å². The molecule has 1 aliphatic rings. The summed E-state index contributed by atoms with van der Waals surface area (Å²) in [7, 11) is 0. The lowest BCUT2D eigenvalue weighted by atomic mass is 9.99. The Bertz CT molecular complexity index is 529. The monoisotopic (exact) mass is 309 g/mol. The fourth-order valence-corrected chi connectivity index (χ4v) is 2.32. The second kappa shape index (κ2) is 7.48. The van der Waals surface area contributed by atoms with E-state index >= 15 is 0 Å². The van der Waals surface area contributed by atoms with Crippen molar-refractivity contribution in [3.63, 3.8) is 0 Å². The molecule has 120 valence electrons. The average Bonchev–Trinajstić information content (AvgIpc) is 3.05. The van der Waals surface area contributed by atoms with E-state index in [1.54, 1.807) is 12.1 Å². The number of aliphatic carboxylic acids is 1. The summed E-state index contributed by atoms with van der Waals surface area (Å²) in [6, 6.07) is 2.86. The van der Waals surface area contributed by atoms with Gasteiger partial charge in [-0.1, -0.05) is 0 Å². The van der Waals surface area contributed by atoms with Crippen LogP contribution in [0.25, 0.3) is 0 Å². The number of hydrogen-bond donors (Lipinski definition) is 3. The predicted molar refractivity (Wildman–Crippen MR) is 76.4 cm³/mol. The van der Waals surface area contributed by atoms with Crippen LogP contribution in [0.5, 0.6) is 0 Å². The molecule has 1 saturated heterocycles. The van der Waals surface area contributed by atoms with Crippen LogP contribution in [0.1, 0.15) is 23.4 Å². The molecule has 0 spiro atoms. The van der Waals surface area contributed by atoms with E-state index in [2.05, 4.69) is 10.6 Å². The summed E-state index contributed by atoms with van der Waals surface area (Å²) in [5, 5.41) is 14.3. The Morgan fingerprint density at radius 1 is 1.32 bits per heavy atom. The Morgan fingerprint density at radius 3 is 2.77 bits per heavy atom. The molecular formula is C14H19N3O5. The second-order valence-corrected chi connectivity index (χ2v) is 5.09. The summed E-state index contributed by atoms with van der Waals surface area (Å²) in [5.74, 6) is -1.50. The van der Waals surface area contributed by atoms with E-state index in [1.165, 1.54) is 11.2 Å². The highest BCUT2D eigenvalue weighted by molar-refractivity contribution is 5.91. The standard InChI is InChI=1S/C14H19N3O5/c18-12(11-4-2-8-22-11)15-5-6-16-14(21)17-7-1-3-10(9-17)13(19)20/h2,4,8,10H,1,3,5-7,9H2,(H,15,18)(H,16,21)(H,19,20). The van der Waals surface area contributed by atoms with Gasteiger partial charge in [-0.2, -0.15) is 0 Å². The van der Waals surface area contributed by atoms with E-state index in [-0.39, 0.29) is 37.3 Å². The van der Waals surface area contributed by atoms with Gasteiger partial charge < -0.3 is 25.1 Å². The predicted octanol–water partition coefficient (Wildman–Crippen LogP) is 0.516. The molecule has 1 fully saturated rings. The first-order valence-corrected chi connectivity index (χ1v) is 7.15. The zero-order chi connectivity index (χ0) is 15.9. The number of nitrogens with zero attached hydrogens (tertiary/aromatic N) is 1. The maximum Gasteiger partial charge on any atom is 0.317 e. The van der Waals surface area contributed by atoms with Crippen molar-refractivity contribution in [3.8, 4) is 0 Å². The van der Waals surface area contributed by atoms with E-state index < -0.39 is 11.9 Å². The number of urea groups is 1. The first kappa shape index (κ1) is 15.9. The minimum absolute atomic E-state index is 0.214. The van der Waals surface area contributed by atoms with Gasteiger partial charge >= 0.3 is 12.0 Å². The van der Waals surface area contributed by atoms with Crippen LogP contribution < -0.4 is 10.6 Å². The van der Waals surface area contributed by atoms with Crippen LogP contribution in [0.3, 0.4) is 0 Å². The lowest BCUT2D eigenvalue weighted by Crippen LogP contribution is -2.48. The van der Waals surface area contributed by atoms with E-state index in [9.17, 15) is 14.4 Å². The number of furan rings is 1. The van der Waals surface area contributed by atoms with Crippen LogP contribution >= 0.6 is 0 Å². The molecule has 2 heterocycles. The third-order valence-corrected chi connectivity index (χ3v) is 3.49. The Labute approximate surface area is 127 Å². The second-order valence-electron chi connectivity index (χ2n) is 5.09. The average molecular weight is 309 g/mol. The molecule has 0 aliphatic carbocycles. The Morgan fingerprint density at radius 2 is 2.09 bits per heavy atom. The Balaban J connectivity index is 1.67. The van der Waals surface area contributed by atoms with Gasteiger partial charge in [0.25, 0.3) is 5.91 Å². The number of nitrogens with one attached hydrogen (secondary N) is 2. The topological polar surface area (TPSA) is 112 Å². The summed E-state index contributed by atoms with van der Waals surface area (Å²) in [4.78, 5) is 36.0. The number of amides is 3. The highest BCUT2D eigenvalue weighted by atomic mass is 16.4. The molecule has 1 aliphatic heterocycles. The van der Waals surface area contributed by atoms with Gasteiger partial charge in [0.05, 0.1) is 12.2 Å². The normalized spacial score (nSPS) is 17.8. The molecule has 0 radical (unpaired) electrons. The van der Waals surface area contributed by atoms with Crippen LogP contribution in [-0.4, -0.2) is 54.1 Å². The van der Waals surface area contributed by atoms with Gasteiger partial charge in [0.1, 0.15) is 0 Å². The summed E-state index contributed by atoms with van der Waals surface area (Å²) in [5.41, 5.74) is 0. The van der Waals surface area contributed by atoms with Crippen LogP contribution in [0.4, 0.5) is 4.79 Å². The summed E-state index contributed by atoms with van der Waals surface area (Å²) in [6.45, 7) is 1.30. The quantitative estimate of drug-likeness (QED) is 0.686. The van der Waals surface area contributed by atoms with Crippen molar-refractivity contribution in [2.24, 2.45) is 5.92 Å². The SMILES string of the molecule is O=C(NCCNC(=O)N1CCCC(C(=O)O)C1)c1ccco1. The smallest absolute Gasteiger partial charge is 0.317 e. The molecule has 2 rings (SSSR count). The number of hydrogen-bond acceptors (Lipinski definition) is 4. The molecule has 3 amide bonds. The molecule has 8 nitrogen and oxygen atoms in total. The molecule has 1 atom stereocenters. The summed E-state index contributed by atoms with van der Waals surface area (Å²) >= 11 is 0. The van der Waals surface area contributed by atoms with Crippen molar-refractivity contribution in [2.75, 3.05) is 26.2 Å². The first-order valence-electron chi connectivity index (χ1n) is 7.15. The third-order valence-electron chi connectivity index (χ3n) is 3.49. The number of carboxylic acids is 1. The van der Waals surface area contributed by atoms with Gasteiger partial charge in [0, 0.05) is 26.2 Å². The third kappa shape index (κ3) is 4.24. The van der Waals surface area contributed by atoms with Gasteiger partial charge in [-0.15, -0.1) is 0 Å². The minimum atomic E-state index is -0.872. The Kier molecular flexibility index (Phi) is 5.40. The maximum atomic E-state index is 11.9. The van der Waals surface area contributed by atoms with Crippen molar-refractivity contribution in [2.45, 2.75) is 12.8 Å². The van der Waals surface area contributed by atoms with Gasteiger partial charge in [-0.05, 0) is 25.0 Å². The van der Waals surface area contributed by atoms with Crippen molar-refractivity contribution in [1.82, 2.24) is 15.5 Å².